The van der Waals surface area contributed by atoms with Crippen LogP contribution in [0.2, 0.25) is 0 Å². The minimum Gasteiger partial charge on any atom is -0.444 e. The molecule has 4 N–H and O–H groups in total. The molecule has 0 bridgehead atoms. The van der Waals surface area contributed by atoms with E-state index in [4.69, 9.17) is 15.4 Å². The van der Waals surface area contributed by atoms with E-state index in [0.717, 1.165) is 0 Å². The van der Waals surface area contributed by atoms with Crippen LogP contribution in [-0.4, -0.2) is 17.0 Å². The Morgan fingerprint density at radius 2 is 2.00 bits per heavy atom. The van der Waals surface area contributed by atoms with Crippen LogP contribution in [0.5, 0.6) is 0 Å². The Bertz CT molecular complexity index is 625. The molecule has 2 aromatic rings. The molecule has 20 heavy (non-hydrogen) atoms. The van der Waals surface area contributed by atoms with Gasteiger partial charge in [0.05, 0.1) is 0 Å². The van der Waals surface area contributed by atoms with Gasteiger partial charge in [0.25, 0.3) is 5.91 Å². The highest BCUT2D eigenvalue weighted by Gasteiger charge is 2.21. The van der Waals surface area contributed by atoms with Crippen LogP contribution in [0.15, 0.2) is 56.7 Å². The highest BCUT2D eigenvalue weighted by molar-refractivity contribution is 9.10. The lowest BCUT2D eigenvalue weighted by atomic mass is 10.1. The van der Waals surface area contributed by atoms with Crippen molar-refractivity contribution in [1.29, 1.82) is 0 Å². The van der Waals surface area contributed by atoms with Crippen LogP contribution < -0.4 is 11.1 Å². The lowest BCUT2D eigenvalue weighted by Crippen LogP contribution is -2.37. The van der Waals surface area contributed by atoms with E-state index in [2.05, 4.69) is 26.4 Å². The van der Waals surface area contributed by atoms with E-state index in [1.807, 2.05) is 6.07 Å². The SMILES string of the molecule is N/C(=N\O)C(NC(=O)c1ccc(Br)o1)c1ccccc1. The molecular formula is C13H12BrN3O3. The number of carbonyl (C=O) groups is 1. The van der Waals surface area contributed by atoms with Crippen LogP contribution in [0.4, 0.5) is 0 Å². The number of furan rings is 1. The second-order valence-electron chi connectivity index (χ2n) is 3.95. The normalized spacial score (nSPS) is 12.9. The molecule has 0 fully saturated rings. The summed E-state index contributed by atoms with van der Waals surface area (Å²) in [6, 6.07) is 11.3. The van der Waals surface area contributed by atoms with Gasteiger partial charge in [-0.1, -0.05) is 35.5 Å². The van der Waals surface area contributed by atoms with Crippen molar-refractivity contribution < 1.29 is 14.4 Å². The summed E-state index contributed by atoms with van der Waals surface area (Å²) in [5, 5.41) is 14.4. The van der Waals surface area contributed by atoms with E-state index in [0.29, 0.717) is 10.2 Å². The third kappa shape index (κ3) is 3.18. The van der Waals surface area contributed by atoms with Gasteiger partial charge in [0.1, 0.15) is 6.04 Å². The van der Waals surface area contributed by atoms with Crippen molar-refractivity contribution in [3.05, 3.63) is 58.5 Å². The zero-order valence-corrected chi connectivity index (χ0v) is 11.9. The van der Waals surface area contributed by atoms with Gasteiger partial charge in [0.15, 0.2) is 16.3 Å². The summed E-state index contributed by atoms with van der Waals surface area (Å²) in [6.45, 7) is 0. The van der Waals surface area contributed by atoms with E-state index in [-0.39, 0.29) is 11.6 Å². The van der Waals surface area contributed by atoms with Gasteiger partial charge in [-0.05, 0) is 33.6 Å². The van der Waals surface area contributed by atoms with Crippen molar-refractivity contribution in [2.45, 2.75) is 6.04 Å². The summed E-state index contributed by atoms with van der Waals surface area (Å²) < 4.78 is 5.60. The van der Waals surface area contributed by atoms with Gasteiger partial charge in [-0.2, -0.15) is 0 Å². The number of benzene rings is 1. The van der Waals surface area contributed by atoms with Crippen molar-refractivity contribution in [3.8, 4) is 0 Å². The predicted molar refractivity (Wildman–Crippen MR) is 76.5 cm³/mol. The fourth-order valence-corrected chi connectivity index (χ4v) is 1.98. The number of nitrogens with zero attached hydrogens (tertiary/aromatic N) is 1. The Labute approximate surface area is 123 Å². The third-order valence-corrected chi connectivity index (χ3v) is 3.04. The second kappa shape index (κ2) is 6.25. The van der Waals surface area contributed by atoms with Crippen molar-refractivity contribution >= 4 is 27.7 Å². The highest BCUT2D eigenvalue weighted by atomic mass is 79.9. The average Bonchev–Trinajstić information content (AvgIpc) is 2.91. The first-order valence-corrected chi connectivity index (χ1v) is 6.49. The van der Waals surface area contributed by atoms with Gasteiger partial charge in [-0.3, -0.25) is 4.79 Å². The van der Waals surface area contributed by atoms with Gasteiger partial charge in [0, 0.05) is 0 Å². The first-order valence-electron chi connectivity index (χ1n) is 5.70. The van der Waals surface area contributed by atoms with Gasteiger partial charge in [0.2, 0.25) is 0 Å². The summed E-state index contributed by atoms with van der Waals surface area (Å²) in [6.07, 6.45) is 0. The number of rotatable bonds is 4. The molecule has 104 valence electrons. The quantitative estimate of drug-likeness (QED) is 0.344. The summed E-state index contributed by atoms with van der Waals surface area (Å²) in [7, 11) is 0. The largest absolute Gasteiger partial charge is 0.444 e. The van der Waals surface area contributed by atoms with E-state index >= 15 is 0 Å². The number of oxime groups is 1. The minimum atomic E-state index is -0.738. The first kappa shape index (κ1) is 14.1. The smallest absolute Gasteiger partial charge is 0.287 e. The molecule has 0 spiro atoms. The van der Waals surface area contributed by atoms with Crippen molar-refractivity contribution in [3.63, 3.8) is 0 Å². The maximum atomic E-state index is 12.0. The number of nitrogens with one attached hydrogen (secondary N) is 1. The summed E-state index contributed by atoms with van der Waals surface area (Å²) in [5.74, 6) is -0.449. The van der Waals surface area contributed by atoms with Crippen LogP contribution in [0.25, 0.3) is 0 Å². The topological polar surface area (TPSA) is 101 Å². The van der Waals surface area contributed by atoms with E-state index in [9.17, 15) is 4.79 Å². The molecule has 0 radical (unpaired) electrons. The maximum Gasteiger partial charge on any atom is 0.287 e. The van der Waals surface area contributed by atoms with E-state index in [1.165, 1.54) is 6.07 Å². The fraction of sp³-hybridized carbons (Fsp3) is 0.0769. The molecular weight excluding hydrogens is 326 g/mol. The van der Waals surface area contributed by atoms with Crippen LogP contribution in [0.1, 0.15) is 22.2 Å². The number of amides is 1. The maximum absolute atomic E-state index is 12.0. The number of carbonyl (C=O) groups excluding carboxylic acids is 1. The Hall–Kier alpha value is -2.28. The Balaban J connectivity index is 2.23. The first-order chi connectivity index (χ1) is 9.61. The number of halogens is 1. The molecule has 1 aromatic carbocycles. The van der Waals surface area contributed by atoms with Gasteiger partial charge in [-0.25, -0.2) is 0 Å². The van der Waals surface area contributed by atoms with Gasteiger partial charge >= 0.3 is 0 Å². The van der Waals surface area contributed by atoms with Crippen molar-refractivity contribution in [1.82, 2.24) is 5.32 Å². The molecule has 1 atom stereocenters. The molecule has 1 unspecified atom stereocenters. The van der Waals surface area contributed by atoms with E-state index in [1.54, 1.807) is 30.3 Å². The fourth-order valence-electron chi connectivity index (χ4n) is 1.67. The number of hydrogen-bond donors (Lipinski definition) is 3. The molecule has 0 aliphatic heterocycles. The molecule has 7 heteroatoms. The molecule has 0 aliphatic rings. The minimum absolute atomic E-state index is 0.116. The molecule has 2 rings (SSSR count). The number of hydrogen-bond acceptors (Lipinski definition) is 4. The molecule has 0 aliphatic carbocycles. The zero-order chi connectivity index (χ0) is 14.5. The standard InChI is InChI=1S/C13H12BrN3O3/c14-10-7-6-9(20-10)13(18)16-11(12(15)17-19)8-4-2-1-3-5-8/h1-7,11,19H,(H2,15,17)(H,16,18). The summed E-state index contributed by atoms with van der Waals surface area (Å²) >= 11 is 3.12. The number of amidine groups is 1. The highest BCUT2D eigenvalue weighted by Crippen LogP contribution is 2.17. The van der Waals surface area contributed by atoms with Crippen LogP contribution >= 0.6 is 15.9 Å². The second-order valence-corrected chi connectivity index (χ2v) is 4.73. The lowest BCUT2D eigenvalue weighted by Gasteiger charge is -2.16. The summed E-state index contributed by atoms with van der Waals surface area (Å²) in [4.78, 5) is 12.0. The Kier molecular flexibility index (Phi) is 4.41. The Morgan fingerprint density at radius 3 is 2.55 bits per heavy atom. The van der Waals surface area contributed by atoms with Gasteiger partial charge in [-0.15, -0.1) is 0 Å². The molecule has 0 saturated heterocycles. The average molecular weight is 338 g/mol. The van der Waals surface area contributed by atoms with Crippen molar-refractivity contribution in [2.24, 2.45) is 10.9 Å². The predicted octanol–water partition coefficient (Wildman–Crippen LogP) is 2.26. The molecule has 1 aromatic heterocycles. The Morgan fingerprint density at radius 1 is 1.30 bits per heavy atom. The third-order valence-electron chi connectivity index (χ3n) is 2.62. The van der Waals surface area contributed by atoms with E-state index < -0.39 is 11.9 Å². The lowest BCUT2D eigenvalue weighted by molar-refractivity contribution is 0.0917. The summed E-state index contributed by atoms with van der Waals surface area (Å²) in [5.41, 5.74) is 6.32. The molecule has 1 amide bonds. The number of nitrogens with two attached hydrogens (primary N) is 1. The van der Waals surface area contributed by atoms with Crippen LogP contribution in [0.3, 0.4) is 0 Å². The molecule has 0 saturated carbocycles. The van der Waals surface area contributed by atoms with Crippen LogP contribution in [-0.2, 0) is 0 Å². The van der Waals surface area contributed by atoms with Gasteiger partial charge < -0.3 is 20.7 Å². The van der Waals surface area contributed by atoms with Crippen LogP contribution in [0, 0.1) is 0 Å². The molecule has 6 nitrogen and oxygen atoms in total. The zero-order valence-electron chi connectivity index (χ0n) is 10.3. The monoisotopic (exact) mass is 337 g/mol. The molecule has 1 heterocycles. The van der Waals surface area contributed by atoms with Crippen molar-refractivity contribution in [2.75, 3.05) is 0 Å².